The van der Waals surface area contributed by atoms with Crippen molar-refractivity contribution in [1.29, 1.82) is 0 Å². The standard InChI is InChI=1S/C12H15F2NOS/c1-7(2)11(17)12(16)15-6-8-5-9(13)3-4-10(8)14/h3-5,7,11,17H,6H2,1-2H3,(H,15,16). The fraction of sp³-hybridized carbons (Fsp3) is 0.417. The highest BCUT2D eigenvalue weighted by Crippen LogP contribution is 2.11. The molecule has 2 nitrogen and oxygen atoms in total. The minimum Gasteiger partial charge on any atom is -0.351 e. The lowest BCUT2D eigenvalue weighted by molar-refractivity contribution is -0.121. The topological polar surface area (TPSA) is 29.1 Å². The van der Waals surface area contributed by atoms with Gasteiger partial charge in [0.2, 0.25) is 5.91 Å². The molecular weight excluding hydrogens is 244 g/mol. The molecule has 1 atom stereocenters. The Morgan fingerprint density at radius 1 is 1.41 bits per heavy atom. The Morgan fingerprint density at radius 3 is 2.65 bits per heavy atom. The highest BCUT2D eigenvalue weighted by Gasteiger charge is 2.17. The van der Waals surface area contributed by atoms with E-state index in [-0.39, 0.29) is 23.9 Å². The van der Waals surface area contributed by atoms with Crippen LogP contribution in [0.15, 0.2) is 18.2 Å². The van der Waals surface area contributed by atoms with E-state index < -0.39 is 16.9 Å². The molecule has 0 aliphatic carbocycles. The Hall–Kier alpha value is -1.10. The molecule has 0 radical (unpaired) electrons. The van der Waals surface area contributed by atoms with Gasteiger partial charge in [0.05, 0.1) is 5.25 Å². The third kappa shape index (κ3) is 4.00. The second-order valence-electron chi connectivity index (χ2n) is 4.14. The predicted octanol–water partition coefficient (Wildman–Crippen LogP) is 2.54. The van der Waals surface area contributed by atoms with Crippen molar-refractivity contribution in [3.05, 3.63) is 35.4 Å². The second-order valence-corrected chi connectivity index (χ2v) is 4.70. The highest BCUT2D eigenvalue weighted by atomic mass is 32.1. The first kappa shape index (κ1) is 14.0. The Bertz CT molecular complexity index is 409. The Kier molecular flexibility index (Phi) is 4.93. The maximum absolute atomic E-state index is 13.2. The van der Waals surface area contributed by atoms with Gasteiger partial charge in [-0.05, 0) is 24.1 Å². The molecule has 0 bridgehead atoms. The maximum atomic E-state index is 13.2. The summed E-state index contributed by atoms with van der Waals surface area (Å²) in [6, 6.07) is 3.14. The Balaban J connectivity index is 2.61. The number of carbonyl (C=O) groups is 1. The molecule has 1 aromatic carbocycles. The van der Waals surface area contributed by atoms with Crippen molar-refractivity contribution in [2.75, 3.05) is 0 Å². The molecule has 1 unspecified atom stereocenters. The van der Waals surface area contributed by atoms with Gasteiger partial charge in [-0.2, -0.15) is 12.6 Å². The van der Waals surface area contributed by atoms with E-state index in [9.17, 15) is 13.6 Å². The smallest absolute Gasteiger partial charge is 0.233 e. The van der Waals surface area contributed by atoms with Crippen LogP contribution in [-0.4, -0.2) is 11.2 Å². The molecule has 5 heteroatoms. The van der Waals surface area contributed by atoms with Crippen LogP contribution in [0.25, 0.3) is 0 Å². The zero-order valence-electron chi connectivity index (χ0n) is 9.71. The number of hydrogen-bond donors (Lipinski definition) is 2. The maximum Gasteiger partial charge on any atom is 0.233 e. The lowest BCUT2D eigenvalue weighted by Gasteiger charge is -2.14. The van der Waals surface area contributed by atoms with E-state index in [0.717, 1.165) is 18.2 Å². The summed E-state index contributed by atoms with van der Waals surface area (Å²) in [5.74, 6) is -1.27. The molecule has 0 aliphatic heterocycles. The molecule has 0 fully saturated rings. The van der Waals surface area contributed by atoms with E-state index in [2.05, 4.69) is 17.9 Å². The first-order valence-electron chi connectivity index (χ1n) is 5.31. The van der Waals surface area contributed by atoms with Gasteiger partial charge in [-0.15, -0.1) is 0 Å². The molecule has 0 aliphatic rings. The van der Waals surface area contributed by atoms with Gasteiger partial charge in [-0.25, -0.2) is 8.78 Å². The zero-order valence-corrected chi connectivity index (χ0v) is 10.6. The summed E-state index contributed by atoms with van der Waals surface area (Å²) in [5.41, 5.74) is 0.127. The van der Waals surface area contributed by atoms with Crippen molar-refractivity contribution in [2.45, 2.75) is 25.6 Å². The number of carbonyl (C=O) groups excluding carboxylic acids is 1. The number of thiol groups is 1. The van der Waals surface area contributed by atoms with Crippen LogP contribution in [0.5, 0.6) is 0 Å². The molecule has 0 aromatic heterocycles. The third-order valence-corrected chi connectivity index (χ3v) is 3.19. The SMILES string of the molecule is CC(C)C(S)C(=O)NCc1cc(F)ccc1F. The summed E-state index contributed by atoms with van der Waals surface area (Å²) in [6.07, 6.45) is 0. The van der Waals surface area contributed by atoms with Gasteiger partial charge < -0.3 is 5.32 Å². The monoisotopic (exact) mass is 259 g/mol. The van der Waals surface area contributed by atoms with Gasteiger partial charge in [0.25, 0.3) is 0 Å². The lowest BCUT2D eigenvalue weighted by atomic mass is 10.1. The largest absolute Gasteiger partial charge is 0.351 e. The quantitative estimate of drug-likeness (QED) is 0.799. The average Bonchev–Trinajstić information content (AvgIpc) is 2.28. The van der Waals surface area contributed by atoms with E-state index in [1.165, 1.54) is 0 Å². The number of amides is 1. The van der Waals surface area contributed by atoms with Gasteiger partial charge >= 0.3 is 0 Å². The number of hydrogen-bond acceptors (Lipinski definition) is 2. The van der Waals surface area contributed by atoms with E-state index in [1.54, 1.807) is 0 Å². The van der Waals surface area contributed by atoms with Crippen molar-refractivity contribution in [2.24, 2.45) is 5.92 Å². The van der Waals surface area contributed by atoms with Crippen molar-refractivity contribution < 1.29 is 13.6 Å². The van der Waals surface area contributed by atoms with E-state index in [1.807, 2.05) is 13.8 Å². The Labute approximate surface area is 105 Å². The lowest BCUT2D eigenvalue weighted by Crippen LogP contribution is -2.34. The van der Waals surface area contributed by atoms with Crippen LogP contribution in [0.1, 0.15) is 19.4 Å². The summed E-state index contributed by atoms with van der Waals surface area (Å²) in [7, 11) is 0. The van der Waals surface area contributed by atoms with Crippen LogP contribution >= 0.6 is 12.6 Å². The predicted molar refractivity (Wildman–Crippen MR) is 65.8 cm³/mol. The second kappa shape index (κ2) is 6.00. The molecule has 1 aromatic rings. The van der Waals surface area contributed by atoms with Crippen LogP contribution in [0.2, 0.25) is 0 Å². The molecule has 0 saturated carbocycles. The Morgan fingerprint density at radius 2 is 2.06 bits per heavy atom. The van der Waals surface area contributed by atoms with Crippen molar-refractivity contribution >= 4 is 18.5 Å². The summed E-state index contributed by atoms with van der Waals surface area (Å²) in [4.78, 5) is 11.6. The van der Waals surface area contributed by atoms with E-state index in [4.69, 9.17) is 0 Å². The molecule has 1 N–H and O–H groups in total. The van der Waals surface area contributed by atoms with Gasteiger partial charge in [0.1, 0.15) is 11.6 Å². The molecule has 17 heavy (non-hydrogen) atoms. The summed E-state index contributed by atoms with van der Waals surface area (Å²) in [6.45, 7) is 3.69. The summed E-state index contributed by atoms with van der Waals surface area (Å²) in [5, 5.41) is 2.07. The van der Waals surface area contributed by atoms with Crippen molar-refractivity contribution in [3.8, 4) is 0 Å². The molecule has 94 valence electrons. The van der Waals surface area contributed by atoms with Crippen LogP contribution in [0.3, 0.4) is 0 Å². The molecule has 0 spiro atoms. The fourth-order valence-corrected chi connectivity index (χ4v) is 1.36. The molecule has 1 amide bonds. The first-order chi connectivity index (χ1) is 7.91. The minimum absolute atomic E-state index is 0.0355. The molecular formula is C12H15F2NOS. The first-order valence-corrected chi connectivity index (χ1v) is 5.83. The van der Waals surface area contributed by atoms with Gasteiger partial charge in [-0.1, -0.05) is 13.8 Å². The number of halogens is 2. The van der Waals surface area contributed by atoms with Crippen molar-refractivity contribution in [1.82, 2.24) is 5.32 Å². The third-order valence-electron chi connectivity index (χ3n) is 2.36. The summed E-state index contributed by atoms with van der Waals surface area (Å²) >= 11 is 4.13. The summed E-state index contributed by atoms with van der Waals surface area (Å²) < 4.78 is 26.1. The van der Waals surface area contributed by atoms with Gasteiger partial charge in [0, 0.05) is 12.1 Å². The van der Waals surface area contributed by atoms with Gasteiger partial charge in [-0.3, -0.25) is 4.79 Å². The minimum atomic E-state index is -0.535. The van der Waals surface area contributed by atoms with Crippen LogP contribution in [0, 0.1) is 17.6 Å². The number of benzene rings is 1. The van der Waals surface area contributed by atoms with E-state index >= 15 is 0 Å². The fourth-order valence-electron chi connectivity index (χ4n) is 1.27. The average molecular weight is 259 g/mol. The highest BCUT2D eigenvalue weighted by molar-refractivity contribution is 7.81. The molecule has 0 heterocycles. The number of rotatable bonds is 4. The zero-order chi connectivity index (χ0) is 13.0. The van der Waals surface area contributed by atoms with Gasteiger partial charge in [0.15, 0.2) is 0 Å². The molecule has 1 rings (SSSR count). The van der Waals surface area contributed by atoms with Crippen LogP contribution in [-0.2, 0) is 11.3 Å². The van der Waals surface area contributed by atoms with E-state index in [0.29, 0.717) is 0 Å². The van der Waals surface area contributed by atoms with Crippen LogP contribution < -0.4 is 5.32 Å². The van der Waals surface area contributed by atoms with Crippen molar-refractivity contribution in [3.63, 3.8) is 0 Å². The normalized spacial score (nSPS) is 12.6. The number of nitrogens with one attached hydrogen (secondary N) is 1. The molecule has 0 saturated heterocycles. The van der Waals surface area contributed by atoms with Crippen LogP contribution in [0.4, 0.5) is 8.78 Å².